The second kappa shape index (κ2) is 45.7. The van der Waals surface area contributed by atoms with Crippen LogP contribution in [0.5, 0.6) is 0 Å². The Bertz CT molecular complexity index is 954. The highest BCUT2D eigenvalue weighted by atomic mass is 16.6. The molecule has 4 heteroatoms. The molecule has 0 aliphatic heterocycles. The molecule has 1 atom stereocenters. The lowest BCUT2D eigenvalue weighted by atomic mass is 10.1. The van der Waals surface area contributed by atoms with Gasteiger partial charge in [-0.2, -0.15) is 0 Å². The van der Waals surface area contributed by atoms with Crippen molar-refractivity contribution in [2.24, 2.45) is 0 Å². The summed E-state index contributed by atoms with van der Waals surface area (Å²) in [4.78, 5) is 12.2. The van der Waals surface area contributed by atoms with E-state index in [-0.39, 0.29) is 19.2 Å². The first kappa shape index (κ1) is 50.6. The summed E-state index contributed by atoms with van der Waals surface area (Å²) < 4.78 is 11.2. The maximum Gasteiger partial charge on any atom is 0.306 e. The van der Waals surface area contributed by atoms with Crippen molar-refractivity contribution in [3.63, 3.8) is 0 Å². The Morgan fingerprint density at radius 2 is 0.849 bits per heavy atom. The summed E-state index contributed by atoms with van der Waals surface area (Å²) in [5.74, 6) is -0.214. The van der Waals surface area contributed by atoms with Crippen LogP contribution in [-0.4, -0.2) is 37.0 Å². The number of rotatable bonds is 40. The van der Waals surface area contributed by atoms with E-state index >= 15 is 0 Å². The SMILES string of the molecule is CC/C=C\C/C=C\C/C=C\C/C=C\C/C=C\CCCCCCCCCCCC(=O)OC(CO)COCCCCCCCC/C=C\C/C=C\CCCCC. The lowest BCUT2D eigenvalue weighted by molar-refractivity contribution is -0.154. The van der Waals surface area contributed by atoms with Gasteiger partial charge in [-0.05, 0) is 89.9 Å². The monoisotopic (exact) mass is 737 g/mol. The lowest BCUT2D eigenvalue weighted by Gasteiger charge is -2.15. The number of aliphatic hydroxyl groups excluding tert-OH is 1. The van der Waals surface area contributed by atoms with Crippen molar-refractivity contribution in [1.29, 1.82) is 0 Å². The van der Waals surface area contributed by atoms with Crippen molar-refractivity contribution in [3.05, 3.63) is 85.1 Å². The van der Waals surface area contributed by atoms with Gasteiger partial charge < -0.3 is 14.6 Å². The summed E-state index contributed by atoms with van der Waals surface area (Å²) in [7, 11) is 0. The van der Waals surface area contributed by atoms with Gasteiger partial charge in [-0.25, -0.2) is 0 Å². The number of carbonyl (C=O) groups is 1. The van der Waals surface area contributed by atoms with E-state index in [2.05, 4.69) is 98.9 Å². The number of hydrogen-bond donors (Lipinski definition) is 1. The first-order valence-electron chi connectivity index (χ1n) is 22.2. The summed E-state index contributed by atoms with van der Waals surface area (Å²) in [5, 5.41) is 9.61. The van der Waals surface area contributed by atoms with Gasteiger partial charge in [0.2, 0.25) is 0 Å². The molecular weight excluding hydrogens is 653 g/mol. The van der Waals surface area contributed by atoms with Gasteiger partial charge in [-0.15, -0.1) is 0 Å². The first-order valence-corrected chi connectivity index (χ1v) is 22.2. The zero-order valence-electron chi connectivity index (χ0n) is 34.8. The molecule has 0 amide bonds. The van der Waals surface area contributed by atoms with Gasteiger partial charge >= 0.3 is 5.97 Å². The van der Waals surface area contributed by atoms with E-state index in [9.17, 15) is 9.90 Å². The van der Waals surface area contributed by atoms with Gasteiger partial charge in [0.25, 0.3) is 0 Å². The van der Waals surface area contributed by atoms with Crippen molar-refractivity contribution in [3.8, 4) is 0 Å². The van der Waals surface area contributed by atoms with Crippen LogP contribution < -0.4 is 0 Å². The van der Waals surface area contributed by atoms with Crippen LogP contribution >= 0.6 is 0 Å². The Balaban J connectivity index is 3.50. The van der Waals surface area contributed by atoms with Gasteiger partial charge in [0.15, 0.2) is 0 Å². The number of unbranched alkanes of at least 4 members (excludes halogenated alkanes) is 18. The van der Waals surface area contributed by atoms with Crippen molar-refractivity contribution in [2.75, 3.05) is 19.8 Å². The van der Waals surface area contributed by atoms with Gasteiger partial charge in [0.05, 0.1) is 13.2 Å². The smallest absolute Gasteiger partial charge is 0.306 e. The number of hydrogen-bond acceptors (Lipinski definition) is 4. The minimum absolute atomic E-state index is 0.183. The molecule has 0 saturated heterocycles. The van der Waals surface area contributed by atoms with E-state index < -0.39 is 6.10 Å². The standard InChI is InChI=1S/C49H84O4/c1-3-5-7-9-11-13-15-17-19-21-22-23-24-25-26-27-28-29-30-32-34-36-38-40-42-44-49(51)53-48(46-50)47-52-45-43-41-39-37-35-33-31-20-18-16-14-12-10-8-6-4-2/h5,7,11-14,17-20,22-23,25-26,48,50H,3-4,6,8-10,15-16,21,24,27-47H2,1-2H3/b7-5-,13-11-,14-12-,19-17-,20-18-,23-22-,26-25-. The molecule has 0 bridgehead atoms. The highest BCUT2D eigenvalue weighted by Crippen LogP contribution is 2.13. The molecule has 304 valence electrons. The molecule has 0 heterocycles. The fourth-order valence-corrected chi connectivity index (χ4v) is 5.91. The average Bonchev–Trinajstić information content (AvgIpc) is 3.16. The van der Waals surface area contributed by atoms with Crippen LogP contribution in [-0.2, 0) is 14.3 Å². The molecule has 1 N–H and O–H groups in total. The Hall–Kier alpha value is -2.43. The van der Waals surface area contributed by atoms with E-state index in [1.807, 2.05) is 0 Å². The maximum absolute atomic E-state index is 12.2. The van der Waals surface area contributed by atoms with Crippen LogP contribution in [0.3, 0.4) is 0 Å². The summed E-state index contributed by atoms with van der Waals surface area (Å²) >= 11 is 0. The highest BCUT2D eigenvalue weighted by molar-refractivity contribution is 5.69. The number of allylic oxidation sites excluding steroid dienone is 14. The van der Waals surface area contributed by atoms with Gasteiger partial charge in [0, 0.05) is 13.0 Å². The van der Waals surface area contributed by atoms with E-state index in [4.69, 9.17) is 9.47 Å². The normalized spacial score (nSPS) is 13.2. The van der Waals surface area contributed by atoms with E-state index in [0.717, 1.165) is 64.2 Å². The third kappa shape index (κ3) is 43.9. The van der Waals surface area contributed by atoms with E-state index in [0.29, 0.717) is 13.0 Å². The first-order chi connectivity index (χ1) is 26.2. The highest BCUT2D eigenvalue weighted by Gasteiger charge is 2.13. The Morgan fingerprint density at radius 3 is 1.28 bits per heavy atom. The molecule has 0 rings (SSSR count). The quantitative estimate of drug-likeness (QED) is 0.0387. The van der Waals surface area contributed by atoms with Crippen LogP contribution in [0.15, 0.2) is 85.1 Å². The van der Waals surface area contributed by atoms with Crippen LogP contribution in [0.25, 0.3) is 0 Å². The molecule has 1 unspecified atom stereocenters. The summed E-state index contributed by atoms with van der Waals surface area (Å²) in [5.41, 5.74) is 0. The zero-order valence-corrected chi connectivity index (χ0v) is 34.8. The molecule has 0 radical (unpaired) electrons. The third-order valence-corrected chi connectivity index (χ3v) is 9.20. The number of aliphatic hydroxyl groups is 1. The van der Waals surface area contributed by atoms with Gasteiger partial charge in [-0.3, -0.25) is 4.79 Å². The summed E-state index contributed by atoms with van der Waals surface area (Å²) in [6.07, 6.45) is 63.6. The van der Waals surface area contributed by atoms with Gasteiger partial charge in [0.1, 0.15) is 6.10 Å². The van der Waals surface area contributed by atoms with Crippen LogP contribution in [0.4, 0.5) is 0 Å². The van der Waals surface area contributed by atoms with E-state index in [1.165, 1.54) is 109 Å². The van der Waals surface area contributed by atoms with Crippen LogP contribution in [0.1, 0.15) is 194 Å². The van der Waals surface area contributed by atoms with Crippen molar-refractivity contribution in [2.45, 2.75) is 200 Å². The molecule has 0 aliphatic carbocycles. The van der Waals surface area contributed by atoms with Crippen molar-refractivity contribution >= 4 is 5.97 Å². The van der Waals surface area contributed by atoms with Crippen LogP contribution in [0, 0.1) is 0 Å². The number of esters is 1. The topological polar surface area (TPSA) is 55.8 Å². The molecule has 0 aromatic heterocycles. The summed E-state index contributed by atoms with van der Waals surface area (Å²) in [6, 6.07) is 0. The fourth-order valence-electron chi connectivity index (χ4n) is 5.91. The second-order valence-electron chi connectivity index (χ2n) is 14.4. The maximum atomic E-state index is 12.2. The zero-order chi connectivity index (χ0) is 38.4. The Morgan fingerprint density at radius 1 is 0.472 bits per heavy atom. The molecular formula is C49H84O4. The molecule has 0 aromatic rings. The van der Waals surface area contributed by atoms with Gasteiger partial charge in [-0.1, -0.05) is 182 Å². The third-order valence-electron chi connectivity index (χ3n) is 9.20. The Kier molecular flexibility index (Phi) is 43.6. The molecule has 0 aromatic carbocycles. The number of ether oxygens (including phenoxy) is 2. The number of carbonyl (C=O) groups excluding carboxylic acids is 1. The predicted octanol–water partition coefficient (Wildman–Crippen LogP) is 14.8. The molecule has 0 fully saturated rings. The largest absolute Gasteiger partial charge is 0.457 e. The Labute approximate surface area is 329 Å². The second-order valence-corrected chi connectivity index (χ2v) is 14.4. The van der Waals surface area contributed by atoms with E-state index in [1.54, 1.807) is 0 Å². The minimum Gasteiger partial charge on any atom is -0.457 e. The summed E-state index contributed by atoms with van der Waals surface area (Å²) in [6.45, 7) is 5.17. The van der Waals surface area contributed by atoms with Crippen molar-refractivity contribution < 1.29 is 19.4 Å². The fraction of sp³-hybridized carbons (Fsp3) is 0.694. The molecule has 53 heavy (non-hydrogen) atoms. The molecule has 0 spiro atoms. The molecule has 0 saturated carbocycles. The molecule has 0 aliphatic rings. The average molecular weight is 737 g/mol. The molecule has 4 nitrogen and oxygen atoms in total. The predicted molar refractivity (Wildman–Crippen MR) is 232 cm³/mol. The van der Waals surface area contributed by atoms with Crippen molar-refractivity contribution in [1.82, 2.24) is 0 Å². The minimum atomic E-state index is -0.548. The lowest BCUT2D eigenvalue weighted by Crippen LogP contribution is -2.27. The van der Waals surface area contributed by atoms with Crippen LogP contribution in [0.2, 0.25) is 0 Å².